The first-order chi connectivity index (χ1) is 16.2. The van der Waals surface area contributed by atoms with Gasteiger partial charge in [0.1, 0.15) is 12.4 Å². The van der Waals surface area contributed by atoms with Crippen molar-refractivity contribution in [3.05, 3.63) is 100 Å². The van der Waals surface area contributed by atoms with Gasteiger partial charge in [0.05, 0.1) is 20.4 Å². The molecule has 0 unspecified atom stereocenters. The summed E-state index contributed by atoms with van der Waals surface area (Å²) in [7, 11) is 0. The number of hydrogen-bond acceptors (Lipinski definition) is 4. The van der Waals surface area contributed by atoms with Crippen LogP contribution in [0, 0.1) is 0 Å². The lowest BCUT2D eigenvalue weighted by molar-refractivity contribution is -0.123. The predicted molar refractivity (Wildman–Crippen MR) is 146 cm³/mol. The predicted octanol–water partition coefficient (Wildman–Crippen LogP) is 8.99. The van der Waals surface area contributed by atoms with E-state index in [1.54, 1.807) is 48.5 Å². The van der Waals surface area contributed by atoms with E-state index in [0.29, 0.717) is 34.7 Å². The van der Waals surface area contributed by atoms with Crippen LogP contribution in [0.3, 0.4) is 0 Å². The fourth-order valence-electron chi connectivity index (χ4n) is 3.15. The van der Waals surface area contributed by atoms with Crippen molar-refractivity contribution < 1.29 is 14.3 Å². The van der Waals surface area contributed by atoms with Crippen LogP contribution in [0.2, 0.25) is 15.1 Å². The molecule has 2 amide bonds. The zero-order chi connectivity index (χ0) is 24.4. The molecule has 1 heterocycles. The quantitative estimate of drug-likeness (QED) is 0.247. The van der Waals surface area contributed by atoms with Gasteiger partial charge in [-0.3, -0.25) is 14.5 Å². The summed E-state index contributed by atoms with van der Waals surface area (Å²) in [5.41, 5.74) is 2.34. The van der Waals surface area contributed by atoms with Gasteiger partial charge in [0.2, 0.25) is 0 Å². The molecule has 10 heteroatoms. The third-order valence-electron chi connectivity index (χ3n) is 4.83. The Morgan fingerprint density at radius 2 is 1.56 bits per heavy atom. The van der Waals surface area contributed by atoms with Crippen LogP contribution in [0.4, 0.5) is 4.79 Å². The number of halogens is 5. The Hall–Kier alpha value is -1.48. The van der Waals surface area contributed by atoms with Crippen molar-refractivity contribution in [2.75, 3.05) is 0 Å². The van der Waals surface area contributed by atoms with E-state index in [1.807, 2.05) is 12.1 Å². The number of carbonyl (C=O) groups is 2. The fourth-order valence-corrected chi connectivity index (χ4v) is 6.03. The maximum absolute atomic E-state index is 12.9. The van der Waals surface area contributed by atoms with Crippen molar-refractivity contribution in [2.24, 2.45) is 0 Å². The van der Waals surface area contributed by atoms with Crippen LogP contribution in [0.1, 0.15) is 16.7 Å². The number of ether oxygens (including phenoxy) is 1. The Morgan fingerprint density at radius 1 is 0.912 bits per heavy atom. The van der Waals surface area contributed by atoms with Gasteiger partial charge < -0.3 is 4.74 Å². The molecule has 4 nitrogen and oxygen atoms in total. The minimum atomic E-state index is -0.338. The molecule has 0 saturated carbocycles. The smallest absolute Gasteiger partial charge is 0.293 e. The number of nitrogens with zero attached hydrogens (tertiary/aromatic N) is 1. The lowest BCUT2D eigenvalue weighted by Gasteiger charge is -2.13. The number of thioether (sulfide) groups is 1. The van der Waals surface area contributed by atoms with Crippen LogP contribution in [-0.2, 0) is 17.9 Å². The van der Waals surface area contributed by atoms with Gasteiger partial charge in [0.15, 0.2) is 0 Å². The standard InChI is InChI=1S/C24H14Br2Cl3NO3S/c25-18-7-14(8-19(26)22(18)33-12-15-3-6-17(28)10-20(15)29)9-21-23(31)30(24(32)34-21)11-13-1-4-16(27)5-2-13/h1-10H,11-12H2/b21-9-. The van der Waals surface area contributed by atoms with Gasteiger partial charge in [-0.25, -0.2) is 0 Å². The second kappa shape index (κ2) is 11.1. The van der Waals surface area contributed by atoms with Crippen LogP contribution >= 0.6 is 78.4 Å². The molecule has 1 saturated heterocycles. The molecule has 1 fully saturated rings. The van der Waals surface area contributed by atoms with E-state index in [0.717, 1.165) is 28.5 Å². The summed E-state index contributed by atoms with van der Waals surface area (Å²) in [4.78, 5) is 26.9. The van der Waals surface area contributed by atoms with Crippen LogP contribution in [-0.4, -0.2) is 16.0 Å². The fraction of sp³-hybridized carbons (Fsp3) is 0.0833. The second-order valence-corrected chi connectivity index (χ2v) is 11.2. The van der Waals surface area contributed by atoms with Gasteiger partial charge in [0.25, 0.3) is 11.1 Å². The van der Waals surface area contributed by atoms with Gasteiger partial charge in [-0.1, -0.05) is 53.0 Å². The third-order valence-corrected chi connectivity index (χ3v) is 7.76. The van der Waals surface area contributed by atoms with E-state index in [2.05, 4.69) is 31.9 Å². The highest BCUT2D eigenvalue weighted by molar-refractivity contribution is 9.11. The molecule has 0 spiro atoms. The molecule has 0 N–H and O–H groups in total. The summed E-state index contributed by atoms with van der Waals surface area (Å²) in [6.07, 6.45) is 1.68. The number of rotatable bonds is 6. The second-order valence-electron chi connectivity index (χ2n) is 7.23. The summed E-state index contributed by atoms with van der Waals surface area (Å²) in [5, 5.41) is 1.35. The molecule has 0 radical (unpaired) electrons. The van der Waals surface area contributed by atoms with E-state index in [-0.39, 0.29) is 24.3 Å². The summed E-state index contributed by atoms with van der Waals surface area (Å²) >= 11 is 26.0. The van der Waals surface area contributed by atoms with Crippen molar-refractivity contribution in [1.29, 1.82) is 0 Å². The van der Waals surface area contributed by atoms with E-state index in [9.17, 15) is 9.59 Å². The van der Waals surface area contributed by atoms with E-state index in [4.69, 9.17) is 39.5 Å². The van der Waals surface area contributed by atoms with Crippen molar-refractivity contribution in [2.45, 2.75) is 13.2 Å². The van der Waals surface area contributed by atoms with E-state index >= 15 is 0 Å². The Kier molecular flexibility index (Phi) is 8.33. The third kappa shape index (κ3) is 6.01. The maximum Gasteiger partial charge on any atom is 0.293 e. The zero-order valence-electron chi connectivity index (χ0n) is 17.2. The number of hydrogen-bond donors (Lipinski definition) is 0. The normalized spacial score (nSPS) is 14.9. The summed E-state index contributed by atoms with van der Waals surface area (Å²) in [5.74, 6) is 0.244. The molecule has 0 atom stereocenters. The van der Waals surface area contributed by atoms with Crippen LogP contribution in [0.15, 0.2) is 68.4 Å². The summed E-state index contributed by atoms with van der Waals surface area (Å²) < 4.78 is 7.30. The van der Waals surface area contributed by atoms with Gasteiger partial charge in [-0.2, -0.15) is 0 Å². The number of amides is 2. The highest BCUT2D eigenvalue weighted by atomic mass is 79.9. The largest absolute Gasteiger partial charge is 0.486 e. The average Bonchev–Trinajstić information content (AvgIpc) is 3.03. The Labute approximate surface area is 232 Å². The minimum Gasteiger partial charge on any atom is -0.486 e. The van der Waals surface area contributed by atoms with E-state index in [1.165, 1.54) is 4.90 Å². The van der Waals surface area contributed by atoms with Crippen molar-refractivity contribution >= 4 is 95.6 Å². The monoisotopic (exact) mass is 659 g/mol. The molecule has 1 aliphatic heterocycles. The molecule has 0 aliphatic carbocycles. The molecule has 3 aromatic carbocycles. The van der Waals surface area contributed by atoms with Crippen molar-refractivity contribution in [3.63, 3.8) is 0 Å². The van der Waals surface area contributed by atoms with Gasteiger partial charge >= 0.3 is 0 Å². The molecule has 1 aliphatic rings. The van der Waals surface area contributed by atoms with Gasteiger partial charge in [0, 0.05) is 20.6 Å². The molecule has 0 bridgehead atoms. The van der Waals surface area contributed by atoms with Crippen LogP contribution in [0.5, 0.6) is 5.75 Å². The van der Waals surface area contributed by atoms with E-state index < -0.39 is 0 Å². The Morgan fingerprint density at radius 3 is 2.21 bits per heavy atom. The Bertz CT molecular complexity index is 1290. The summed E-state index contributed by atoms with van der Waals surface area (Å²) in [6.45, 7) is 0.433. The Balaban J connectivity index is 1.50. The van der Waals surface area contributed by atoms with Crippen LogP contribution in [0.25, 0.3) is 6.08 Å². The zero-order valence-corrected chi connectivity index (χ0v) is 23.4. The highest BCUT2D eigenvalue weighted by Gasteiger charge is 2.35. The number of imide groups is 1. The molecule has 0 aromatic heterocycles. The van der Waals surface area contributed by atoms with Gasteiger partial charge in [-0.15, -0.1) is 0 Å². The number of carbonyl (C=O) groups excluding carboxylic acids is 2. The molecule has 174 valence electrons. The maximum atomic E-state index is 12.9. The lowest BCUT2D eigenvalue weighted by Crippen LogP contribution is -2.27. The first-order valence-corrected chi connectivity index (χ1v) is 13.3. The van der Waals surface area contributed by atoms with Crippen LogP contribution < -0.4 is 4.74 Å². The number of benzene rings is 3. The molecule has 3 aromatic rings. The highest BCUT2D eigenvalue weighted by Crippen LogP contribution is 2.38. The molecular formula is C24H14Br2Cl3NO3S. The van der Waals surface area contributed by atoms with Crippen molar-refractivity contribution in [1.82, 2.24) is 4.90 Å². The first kappa shape index (κ1) is 25.6. The SMILES string of the molecule is O=C1S/C(=C\c2cc(Br)c(OCc3ccc(Cl)cc3Cl)c(Br)c2)C(=O)N1Cc1ccc(Cl)cc1. The lowest BCUT2D eigenvalue weighted by atomic mass is 10.2. The van der Waals surface area contributed by atoms with Crippen molar-refractivity contribution in [3.8, 4) is 5.75 Å². The average molecular weight is 663 g/mol. The molecule has 34 heavy (non-hydrogen) atoms. The molecular weight excluding hydrogens is 649 g/mol. The first-order valence-electron chi connectivity index (χ1n) is 9.77. The van der Waals surface area contributed by atoms with Gasteiger partial charge in [-0.05, 0) is 97.2 Å². The topological polar surface area (TPSA) is 46.6 Å². The summed E-state index contributed by atoms with van der Waals surface area (Å²) in [6, 6.07) is 15.9. The molecule has 4 rings (SSSR count). The minimum absolute atomic E-state index is 0.187.